The fourth-order valence-corrected chi connectivity index (χ4v) is 0.882. The number of imide groups is 1. The van der Waals surface area contributed by atoms with Crippen LogP contribution in [0.15, 0.2) is 0 Å². The Balaban J connectivity index is 4.42. The molecule has 0 heterocycles. The molecule has 82 valence electrons. The first-order chi connectivity index (χ1) is 6.54. The second-order valence-corrected chi connectivity index (χ2v) is 2.86. The zero-order chi connectivity index (χ0) is 11.1. The van der Waals surface area contributed by atoms with Crippen molar-refractivity contribution in [1.29, 1.82) is 0 Å². The minimum Gasteiger partial charge on any atom is -0.449 e. The van der Waals surface area contributed by atoms with Crippen LogP contribution in [0, 0.1) is 0 Å². The third kappa shape index (κ3) is 3.64. The van der Waals surface area contributed by atoms with Gasteiger partial charge < -0.3 is 9.47 Å². The van der Waals surface area contributed by atoms with Crippen molar-refractivity contribution in [2.24, 2.45) is 0 Å². The molecule has 0 bridgehead atoms. The highest BCUT2D eigenvalue weighted by Gasteiger charge is 2.26. The maximum absolute atomic E-state index is 11.3. The molecule has 0 atom stereocenters. The first-order valence-electron chi connectivity index (χ1n) is 4.67. The zero-order valence-corrected chi connectivity index (χ0v) is 9.07. The van der Waals surface area contributed by atoms with E-state index in [0.29, 0.717) is 0 Å². The number of nitrogens with zero attached hydrogens (tertiary/aromatic N) is 1. The number of hydrogen-bond donors (Lipinski definition) is 0. The molecule has 5 nitrogen and oxygen atoms in total. The van der Waals surface area contributed by atoms with Crippen LogP contribution >= 0.6 is 0 Å². The molecule has 0 aromatic heterocycles. The lowest BCUT2D eigenvalue weighted by Gasteiger charge is -2.22. The van der Waals surface area contributed by atoms with E-state index in [2.05, 4.69) is 0 Å². The Morgan fingerprint density at radius 1 is 1.07 bits per heavy atom. The summed E-state index contributed by atoms with van der Waals surface area (Å²) in [4.78, 5) is 23.6. The van der Waals surface area contributed by atoms with Crippen molar-refractivity contribution in [3.8, 4) is 0 Å². The van der Waals surface area contributed by atoms with Crippen molar-refractivity contribution >= 4 is 12.2 Å². The largest absolute Gasteiger partial charge is 0.449 e. The van der Waals surface area contributed by atoms with Gasteiger partial charge in [0.2, 0.25) is 0 Å². The summed E-state index contributed by atoms with van der Waals surface area (Å²) in [6.07, 6.45) is -1.33. The SMILES string of the molecule is CCOC(=O)N(C(=O)OCC)C(C)C. The van der Waals surface area contributed by atoms with Gasteiger partial charge in [-0.25, -0.2) is 14.5 Å². The summed E-state index contributed by atoms with van der Waals surface area (Å²) in [7, 11) is 0. The smallest absolute Gasteiger partial charge is 0.419 e. The van der Waals surface area contributed by atoms with E-state index in [-0.39, 0.29) is 19.3 Å². The normalized spacial score (nSPS) is 9.79. The molecule has 0 saturated heterocycles. The molecule has 0 rings (SSSR count). The van der Waals surface area contributed by atoms with Crippen LogP contribution in [-0.4, -0.2) is 36.3 Å². The van der Waals surface area contributed by atoms with Gasteiger partial charge in [0.1, 0.15) is 0 Å². The Morgan fingerprint density at radius 2 is 1.43 bits per heavy atom. The third-order valence-electron chi connectivity index (χ3n) is 1.45. The van der Waals surface area contributed by atoms with Gasteiger partial charge in [0.05, 0.1) is 13.2 Å². The summed E-state index contributed by atoms with van der Waals surface area (Å²) < 4.78 is 9.44. The summed E-state index contributed by atoms with van der Waals surface area (Å²) in [6.45, 7) is 7.27. The van der Waals surface area contributed by atoms with Crippen LogP contribution in [0.5, 0.6) is 0 Å². The van der Waals surface area contributed by atoms with E-state index in [4.69, 9.17) is 9.47 Å². The quantitative estimate of drug-likeness (QED) is 0.704. The van der Waals surface area contributed by atoms with Gasteiger partial charge in [-0.2, -0.15) is 0 Å². The van der Waals surface area contributed by atoms with Gasteiger partial charge in [-0.3, -0.25) is 0 Å². The molecule has 14 heavy (non-hydrogen) atoms. The van der Waals surface area contributed by atoms with E-state index in [9.17, 15) is 9.59 Å². The molecular weight excluding hydrogens is 186 g/mol. The van der Waals surface area contributed by atoms with E-state index >= 15 is 0 Å². The van der Waals surface area contributed by atoms with Crippen LogP contribution in [0.3, 0.4) is 0 Å². The monoisotopic (exact) mass is 203 g/mol. The Hall–Kier alpha value is -1.26. The highest BCUT2D eigenvalue weighted by molar-refractivity contribution is 5.88. The molecule has 0 unspecified atom stereocenters. The number of ether oxygens (including phenoxy) is 2. The van der Waals surface area contributed by atoms with Gasteiger partial charge in [-0.05, 0) is 27.7 Å². The molecule has 0 N–H and O–H groups in total. The average Bonchev–Trinajstić information content (AvgIpc) is 2.04. The molecule has 0 aliphatic heterocycles. The molecule has 0 aliphatic rings. The van der Waals surface area contributed by atoms with Crippen LogP contribution in [-0.2, 0) is 9.47 Å². The van der Waals surface area contributed by atoms with Gasteiger partial charge in [0, 0.05) is 6.04 Å². The third-order valence-corrected chi connectivity index (χ3v) is 1.45. The van der Waals surface area contributed by atoms with Crippen LogP contribution in [0.1, 0.15) is 27.7 Å². The molecule has 0 fully saturated rings. The predicted octanol–water partition coefficient (Wildman–Crippen LogP) is 2.01. The Morgan fingerprint density at radius 3 is 1.64 bits per heavy atom. The Kier molecular flexibility index (Phi) is 5.67. The Bertz CT molecular complexity index is 185. The molecule has 0 saturated carbocycles. The van der Waals surface area contributed by atoms with E-state index in [1.807, 2.05) is 0 Å². The second kappa shape index (κ2) is 6.23. The van der Waals surface area contributed by atoms with Crippen molar-refractivity contribution in [3.05, 3.63) is 0 Å². The van der Waals surface area contributed by atoms with Crippen molar-refractivity contribution in [2.45, 2.75) is 33.7 Å². The number of amides is 2. The van der Waals surface area contributed by atoms with E-state index in [1.165, 1.54) is 0 Å². The number of carbonyl (C=O) groups excluding carboxylic acids is 2. The highest BCUT2D eigenvalue weighted by atomic mass is 16.6. The van der Waals surface area contributed by atoms with Crippen LogP contribution in [0.2, 0.25) is 0 Å². The van der Waals surface area contributed by atoms with Gasteiger partial charge in [-0.1, -0.05) is 0 Å². The molecule has 0 radical (unpaired) electrons. The number of rotatable bonds is 3. The van der Waals surface area contributed by atoms with E-state index in [1.54, 1.807) is 27.7 Å². The topological polar surface area (TPSA) is 55.8 Å². The lowest BCUT2D eigenvalue weighted by atomic mass is 10.4. The number of carbonyl (C=O) groups is 2. The molecule has 0 aliphatic carbocycles. The van der Waals surface area contributed by atoms with Gasteiger partial charge in [-0.15, -0.1) is 0 Å². The van der Waals surface area contributed by atoms with E-state index in [0.717, 1.165) is 4.90 Å². The summed E-state index contributed by atoms with van der Waals surface area (Å²) in [5.41, 5.74) is 0. The molecule has 2 amide bonds. The minimum atomic E-state index is -0.666. The van der Waals surface area contributed by atoms with Gasteiger partial charge in [0.15, 0.2) is 0 Å². The van der Waals surface area contributed by atoms with Crippen molar-refractivity contribution in [1.82, 2.24) is 4.90 Å². The molecule has 0 aromatic carbocycles. The van der Waals surface area contributed by atoms with Gasteiger partial charge in [0.25, 0.3) is 0 Å². The molecular formula is C9H17NO4. The number of hydrogen-bond acceptors (Lipinski definition) is 4. The lowest BCUT2D eigenvalue weighted by molar-refractivity contribution is 0.0721. The predicted molar refractivity (Wildman–Crippen MR) is 51.0 cm³/mol. The van der Waals surface area contributed by atoms with Crippen LogP contribution in [0.25, 0.3) is 0 Å². The Labute approximate surface area is 84.0 Å². The fraction of sp³-hybridized carbons (Fsp3) is 0.778. The highest BCUT2D eigenvalue weighted by Crippen LogP contribution is 2.04. The minimum absolute atomic E-state index is 0.238. The van der Waals surface area contributed by atoms with Crippen molar-refractivity contribution < 1.29 is 19.1 Å². The van der Waals surface area contributed by atoms with Crippen molar-refractivity contribution in [2.75, 3.05) is 13.2 Å². The zero-order valence-electron chi connectivity index (χ0n) is 9.07. The molecule has 5 heteroatoms. The standard InChI is InChI=1S/C9H17NO4/c1-5-13-8(11)10(7(3)4)9(12)14-6-2/h7H,5-6H2,1-4H3. The molecule has 0 aromatic rings. The second-order valence-electron chi connectivity index (χ2n) is 2.86. The lowest BCUT2D eigenvalue weighted by Crippen LogP contribution is -2.42. The maximum atomic E-state index is 11.3. The fourth-order valence-electron chi connectivity index (χ4n) is 0.882. The molecule has 0 spiro atoms. The summed E-state index contributed by atoms with van der Waals surface area (Å²) in [5, 5.41) is 0. The van der Waals surface area contributed by atoms with Crippen molar-refractivity contribution in [3.63, 3.8) is 0 Å². The summed E-state index contributed by atoms with van der Waals surface area (Å²) in [5.74, 6) is 0. The average molecular weight is 203 g/mol. The first-order valence-corrected chi connectivity index (χ1v) is 4.67. The van der Waals surface area contributed by atoms with Crippen LogP contribution < -0.4 is 0 Å². The van der Waals surface area contributed by atoms with E-state index < -0.39 is 12.2 Å². The maximum Gasteiger partial charge on any atom is 0.419 e. The summed E-state index contributed by atoms with van der Waals surface area (Å²) >= 11 is 0. The summed E-state index contributed by atoms with van der Waals surface area (Å²) in [6, 6.07) is -0.270. The van der Waals surface area contributed by atoms with Gasteiger partial charge >= 0.3 is 12.2 Å². The van der Waals surface area contributed by atoms with Crippen LogP contribution in [0.4, 0.5) is 9.59 Å². The first kappa shape index (κ1) is 12.7.